The molecule has 7 heteroatoms. The number of aromatic nitrogens is 2. The molecule has 3 rings (SSSR count). The van der Waals surface area contributed by atoms with Crippen molar-refractivity contribution in [3.63, 3.8) is 0 Å². The van der Waals surface area contributed by atoms with Gasteiger partial charge in [-0.2, -0.15) is 4.98 Å². The number of nitrogens with two attached hydrogens (primary N) is 1. The Morgan fingerprint density at radius 1 is 1.41 bits per heavy atom. The van der Waals surface area contributed by atoms with Crippen molar-refractivity contribution < 1.29 is 9.84 Å². The number of aliphatic hydroxyl groups is 1. The van der Waals surface area contributed by atoms with Crippen LogP contribution in [0, 0.1) is 5.92 Å². The molecular formula is C15H17ClN4O2. The quantitative estimate of drug-likeness (QED) is 0.879. The largest absolute Gasteiger partial charge is 0.452 e. The number of rotatable bonds is 5. The number of nitrogens with zero attached hydrogens (tertiary/aromatic N) is 3. The molecule has 2 aromatic rings. The Hall–Kier alpha value is -2.05. The summed E-state index contributed by atoms with van der Waals surface area (Å²) in [5.74, 6) is 2.23. The van der Waals surface area contributed by atoms with Crippen molar-refractivity contribution in [3.05, 3.63) is 35.5 Å². The molecule has 1 heterocycles. The van der Waals surface area contributed by atoms with E-state index in [1.807, 2.05) is 11.9 Å². The van der Waals surface area contributed by atoms with Gasteiger partial charge in [-0.3, -0.25) is 0 Å². The van der Waals surface area contributed by atoms with Gasteiger partial charge in [0.25, 0.3) is 0 Å². The number of aliphatic hydroxyl groups excluding tert-OH is 1. The highest BCUT2D eigenvalue weighted by Gasteiger charge is 2.41. The lowest BCUT2D eigenvalue weighted by Gasteiger charge is -2.21. The summed E-state index contributed by atoms with van der Waals surface area (Å²) in [5.41, 5.74) is 5.69. The average molecular weight is 321 g/mol. The van der Waals surface area contributed by atoms with E-state index < -0.39 is 0 Å². The minimum absolute atomic E-state index is 0.170. The molecule has 0 radical (unpaired) electrons. The highest BCUT2D eigenvalue weighted by Crippen LogP contribution is 2.40. The van der Waals surface area contributed by atoms with Gasteiger partial charge in [0.2, 0.25) is 5.95 Å². The van der Waals surface area contributed by atoms with E-state index in [9.17, 15) is 5.11 Å². The Morgan fingerprint density at radius 2 is 2.14 bits per heavy atom. The maximum Gasteiger partial charge on any atom is 0.222 e. The first kappa shape index (κ1) is 14.9. The number of halogens is 1. The van der Waals surface area contributed by atoms with Crippen LogP contribution in [-0.4, -0.2) is 34.8 Å². The van der Waals surface area contributed by atoms with Crippen molar-refractivity contribution in [1.29, 1.82) is 0 Å². The summed E-state index contributed by atoms with van der Waals surface area (Å²) in [6.07, 6.45) is 2.48. The van der Waals surface area contributed by atoms with Gasteiger partial charge >= 0.3 is 0 Å². The van der Waals surface area contributed by atoms with Crippen molar-refractivity contribution in [1.82, 2.24) is 9.97 Å². The Bertz CT molecular complexity index is 665. The van der Waals surface area contributed by atoms with Gasteiger partial charge in [-0.1, -0.05) is 11.6 Å². The van der Waals surface area contributed by atoms with Crippen LogP contribution in [0.2, 0.25) is 5.02 Å². The number of hydrogen-bond donors (Lipinski definition) is 2. The van der Waals surface area contributed by atoms with Crippen LogP contribution < -0.4 is 15.4 Å². The van der Waals surface area contributed by atoms with Crippen molar-refractivity contribution in [2.24, 2.45) is 5.92 Å². The van der Waals surface area contributed by atoms with Crippen LogP contribution in [0.4, 0.5) is 11.8 Å². The highest BCUT2D eigenvalue weighted by atomic mass is 35.5. The molecule has 0 aliphatic heterocycles. The SMILES string of the molecule is CN(c1nc(N)ncc1Oc1ccc(Cl)cc1)C1CC1CO. The van der Waals surface area contributed by atoms with E-state index in [1.54, 1.807) is 30.5 Å². The Balaban J connectivity index is 1.86. The monoisotopic (exact) mass is 320 g/mol. The number of anilines is 2. The van der Waals surface area contributed by atoms with Gasteiger partial charge in [-0.25, -0.2) is 4.98 Å². The molecule has 2 unspecified atom stereocenters. The van der Waals surface area contributed by atoms with Gasteiger partial charge < -0.3 is 20.5 Å². The van der Waals surface area contributed by atoms with Gasteiger partial charge in [0.1, 0.15) is 5.75 Å². The van der Waals surface area contributed by atoms with Crippen LogP contribution in [0.5, 0.6) is 11.5 Å². The summed E-state index contributed by atoms with van der Waals surface area (Å²) in [7, 11) is 1.91. The van der Waals surface area contributed by atoms with Crippen LogP contribution in [0.3, 0.4) is 0 Å². The van der Waals surface area contributed by atoms with Crippen molar-refractivity contribution in [2.45, 2.75) is 12.5 Å². The fourth-order valence-corrected chi connectivity index (χ4v) is 2.51. The first-order valence-electron chi connectivity index (χ1n) is 6.98. The van der Waals surface area contributed by atoms with Crippen molar-refractivity contribution in [3.8, 4) is 11.5 Å². The second-order valence-corrected chi connectivity index (χ2v) is 5.77. The van der Waals surface area contributed by atoms with Crippen LogP contribution in [0.15, 0.2) is 30.5 Å². The Morgan fingerprint density at radius 3 is 2.77 bits per heavy atom. The predicted octanol–water partition coefficient (Wildman–Crippen LogP) is 2.32. The molecule has 0 amide bonds. The van der Waals surface area contributed by atoms with E-state index in [2.05, 4.69) is 9.97 Å². The molecular weight excluding hydrogens is 304 g/mol. The summed E-state index contributed by atoms with van der Waals surface area (Å²) in [6.45, 7) is 0.170. The van der Waals surface area contributed by atoms with Gasteiger partial charge in [0.15, 0.2) is 11.6 Å². The van der Waals surface area contributed by atoms with Gasteiger partial charge in [0, 0.05) is 30.6 Å². The van der Waals surface area contributed by atoms with E-state index in [4.69, 9.17) is 22.1 Å². The van der Waals surface area contributed by atoms with E-state index >= 15 is 0 Å². The molecule has 1 aromatic carbocycles. The van der Waals surface area contributed by atoms with Gasteiger partial charge in [-0.15, -0.1) is 0 Å². The second kappa shape index (κ2) is 5.98. The van der Waals surface area contributed by atoms with Crippen molar-refractivity contribution in [2.75, 3.05) is 24.3 Å². The predicted molar refractivity (Wildman–Crippen MR) is 85.4 cm³/mol. The lowest BCUT2D eigenvalue weighted by atomic mass is 10.3. The molecule has 0 spiro atoms. The van der Waals surface area contributed by atoms with Crippen LogP contribution in [0.1, 0.15) is 6.42 Å². The average Bonchev–Trinajstić information content (AvgIpc) is 3.30. The first-order valence-corrected chi connectivity index (χ1v) is 7.36. The maximum absolute atomic E-state index is 9.23. The van der Waals surface area contributed by atoms with E-state index in [0.717, 1.165) is 6.42 Å². The zero-order valence-corrected chi connectivity index (χ0v) is 12.9. The van der Waals surface area contributed by atoms with Gasteiger partial charge in [-0.05, 0) is 30.7 Å². The molecule has 1 aliphatic carbocycles. The molecule has 1 aliphatic rings. The fraction of sp³-hybridized carbons (Fsp3) is 0.333. The molecule has 1 saturated carbocycles. The van der Waals surface area contributed by atoms with Crippen LogP contribution in [-0.2, 0) is 0 Å². The van der Waals surface area contributed by atoms with E-state index in [1.165, 1.54) is 0 Å². The van der Waals surface area contributed by atoms with Crippen molar-refractivity contribution >= 4 is 23.4 Å². The number of nitrogen functional groups attached to an aromatic ring is 1. The molecule has 1 fully saturated rings. The summed E-state index contributed by atoms with van der Waals surface area (Å²) in [6, 6.07) is 7.29. The summed E-state index contributed by atoms with van der Waals surface area (Å²) < 4.78 is 5.84. The molecule has 0 saturated heterocycles. The smallest absolute Gasteiger partial charge is 0.222 e. The third kappa shape index (κ3) is 3.08. The van der Waals surface area contributed by atoms with Crippen LogP contribution in [0.25, 0.3) is 0 Å². The minimum atomic E-state index is 0.170. The molecule has 1 aromatic heterocycles. The third-order valence-electron chi connectivity index (χ3n) is 3.75. The Kier molecular flexibility index (Phi) is 4.04. The number of ether oxygens (including phenoxy) is 1. The fourth-order valence-electron chi connectivity index (χ4n) is 2.39. The lowest BCUT2D eigenvalue weighted by molar-refractivity contribution is 0.273. The summed E-state index contributed by atoms with van der Waals surface area (Å²) in [4.78, 5) is 10.2. The summed E-state index contributed by atoms with van der Waals surface area (Å²) in [5, 5.41) is 9.87. The zero-order chi connectivity index (χ0) is 15.7. The molecule has 2 atom stereocenters. The first-order chi connectivity index (χ1) is 10.6. The minimum Gasteiger partial charge on any atom is -0.452 e. The van der Waals surface area contributed by atoms with E-state index in [0.29, 0.717) is 22.3 Å². The normalized spacial score (nSPS) is 19.8. The summed E-state index contributed by atoms with van der Waals surface area (Å²) >= 11 is 5.87. The third-order valence-corrected chi connectivity index (χ3v) is 4.00. The Labute approximate surface area is 133 Å². The number of hydrogen-bond acceptors (Lipinski definition) is 6. The molecule has 116 valence electrons. The van der Waals surface area contributed by atoms with E-state index in [-0.39, 0.29) is 24.5 Å². The van der Waals surface area contributed by atoms with Gasteiger partial charge in [0.05, 0.1) is 6.20 Å². The topological polar surface area (TPSA) is 84.5 Å². The lowest BCUT2D eigenvalue weighted by Crippen LogP contribution is -2.24. The molecule has 6 nitrogen and oxygen atoms in total. The molecule has 3 N–H and O–H groups in total. The highest BCUT2D eigenvalue weighted by molar-refractivity contribution is 6.30. The second-order valence-electron chi connectivity index (χ2n) is 5.33. The number of benzene rings is 1. The van der Waals surface area contributed by atoms with Crippen LogP contribution >= 0.6 is 11.6 Å². The standard InChI is InChI=1S/C15H17ClN4O2/c1-20(12-6-9(12)8-21)14-13(7-18-15(17)19-14)22-11-4-2-10(16)3-5-11/h2-5,7,9,12,21H,6,8H2,1H3,(H2,17,18,19). The zero-order valence-electron chi connectivity index (χ0n) is 12.1. The maximum atomic E-state index is 9.23. The molecule has 22 heavy (non-hydrogen) atoms. The molecule has 0 bridgehead atoms.